The molecule has 0 bridgehead atoms. The molecule has 114 valence electrons. The van der Waals surface area contributed by atoms with Crippen molar-refractivity contribution in [3.63, 3.8) is 0 Å². The molecule has 3 amide bonds. The Morgan fingerprint density at radius 2 is 2.19 bits per heavy atom. The minimum Gasteiger partial charge on any atom is -0.344 e. The number of nitrogens with zero attached hydrogens (tertiary/aromatic N) is 1. The maximum Gasteiger partial charge on any atom is 0.443 e. The molecule has 1 aromatic heterocycles. The van der Waals surface area contributed by atoms with E-state index in [2.05, 4.69) is 15.6 Å². The highest BCUT2D eigenvalue weighted by Crippen LogP contribution is 2.32. The average Bonchev–Trinajstić information content (AvgIpc) is 2.81. The number of aromatic nitrogens is 1. The number of amides is 3. The molecule has 1 unspecified atom stereocenters. The molecule has 2 heterocycles. The van der Waals surface area contributed by atoms with Crippen LogP contribution in [0.2, 0.25) is 0 Å². The summed E-state index contributed by atoms with van der Waals surface area (Å²) in [7, 11) is 0. The third kappa shape index (κ3) is 4.00. The van der Waals surface area contributed by atoms with Crippen LogP contribution in [0.5, 0.6) is 0 Å². The molecule has 1 atom stereocenters. The van der Waals surface area contributed by atoms with Crippen LogP contribution < -0.4 is 10.6 Å². The second-order valence-electron chi connectivity index (χ2n) is 4.38. The lowest BCUT2D eigenvalue weighted by Crippen LogP contribution is -2.52. The molecule has 0 radical (unpaired) electrons. The van der Waals surface area contributed by atoms with E-state index in [1.54, 1.807) is 0 Å². The molecule has 6 nitrogen and oxygen atoms in total. The van der Waals surface area contributed by atoms with Gasteiger partial charge in [0, 0.05) is 17.5 Å². The molecular weight excluding hydrogens is 311 g/mol. The molecule has 0 aliphatic carbocycles. The van der Waals surface area contributed by atoms with Crippen LogP contribution >= 0.6 is 11.3 Å². The fourth-order valence-electron chi connectivity index (χ4n) is 1.76. The number of alkyl halides is 3. The third-order valence-corrected chi connectivity index (χ3v) is 3.75. The fraction of sp³-hybridized carbons (Fsp3) is 0.455. The van der Waals surface area contributed by atoms with Crippen molar-refractivity contribution in [2.75, 3.05) is 0 Å². The van der Waals surface area contributed by atoms with E-state index in [1.165, 1.54) is 0 Å². The first kappa shape index (κ1) is 15.4. The van der Waals surface area contributed by atoms with Crippen molar-refractivity contribution < 1.29 is 27.6 Å². The summed E-state index contributed by atoms with van der Waals surface area (Å²) in [4.78, 5) is 37.4. The quantitative estimate of drug-likeness (QED) is 0.799. The largest absolute Gasteiger partial charge is 0.443 e. The third-order valence-electron chi connectivity index (χ3n) is 2.71. The molecule has 1 fully saturated rings. The highest BCUT2D eigenvalue weighted by Gasteiger charge is 2.35. The van der Waals surface area contributed by atoms with E-state index in [-0.39, 0.29) is 24.1 Å². The summed E-state index contributed by atoms with van der Waals surface area (Å²) in [6.45, 7) is 0. The van der Waals surface area contributed by atoms with Crippen LogP contribution in [0.25, 0.3) is 0 Å². The van der Waals surface area contributed by atoms with Gasteiger partial charge in [-0.15, -0.1) is 11.3 Å². The maximum absolute atomic E-state index is 12.4. The van der Waals surface area contributed by atoms with Gasteiger partial charge in [-0.05, 0) is 6.42 Å². The predicted octanol–water partition coefficient (Wildman–Crippen LogP) is 0.626. The Morgan fingerprint density at radius 1 is 1.48 bits per heavy atom. The summed E-state index contributed by atoms with van der Waals surface area (Å²) in [6.07, 6.45) is -3.58. The van der Waals surface area contributed by atoms with Gasteiger partial charge >= 0.3 is 6.18 Å². The summed E-state index contributed by atoms with van der Waals surface area (Å²) in [5, 5.41) is 3.43. The van der Waals surface area contributed by atoms with Crippen molar-refractivity contribution in [3.8, 4) is 0 Å². The molecule has 1 saturated heterocycles. The number of hydrogen-bond donors (Lipinski definition) is 2. The molecule has 1 aromatic rings. The highest BCUT2D eigenvalue weighted by molar-refractivity contribution is 7.11. The Morgan fingerprint density at radius 3 is 2.76 bits per heavy atom. The summed E-state index contributed by atoms with van der Waals surface area (Å²) < 4.78 is 37.1. The molecule has 1 aliphatic rings. The molecule has 21 heavy (non-hydrogen) atoms. The lowest BCUT2D eigenvalue weighted by Gasteiger charge is -2.21. The summed E-state index contributed by atoms with van der Waals surface area (Å²) in [5.41, 5.74) is 0. The Hall–Kier alpha value is -1.97. The highest BCUT2D eigenvalue weighted by atomic mass is 32.1. The van der Waals surface area contributed by atoms with Crippen LogP contribution in [-0.4, -0.2) is 28.7 Å². The van der Waals surface area contributed by atoms with Gasteiger partial charge in [0.15, 0.2) is 5.01 Å². The number of halogens is 3. The van der Waals surface area contributed by atoms with Gasteiger partial charge in [0.25, 0.3) is 0 Å². The Balaban J connectivity index is 1.91. The lowest BCUT2D eigenvalue weighted by atomic mass is 10.1. The van der Waals surface area contributed by atoms with Crippen LogP contribution in [0.15, 0.2) is 6.20 Å². The Bertz CT molecular complexity index is 585. The molecule has 0 saturated carbocycles. The SMILES string of the molecule is O=C1CCC(NC(=O)Cc2cnc(C(F)(F)F)s2)C(=O)N1. The lowest BCUT2D eigenvalue weighted by molar-refractivity contribution is -0.138. The normalized spacial score (nSPS) is 19.3. The number of piperidine rings is 1. The zero-order chi connectivity index (χ0) is 15.6. The monoisotopic (exact) mass is 321 g/mol. The number of carbonyl (C=O) groups excluding carboxylic acids is 3. The molecule has 2 N–H and O–H groups in total. The van der Waals surface area contributed by atoms with E-state index in [9.17, 15) is 27.6 Å². The van der Waals surface area contributed by atoms with Gasteiger partial charge in [0.1, 0.15) is 6.04 Å². The molecule has 2 rings (SSSR count). The van der Waals surface area contributed by atoms with Crippen molar-refractivity contribution in [2.45, 2.75) is 31.5 Å². The maximum atomic E-state index is 12.4. The zero-order valence-electron chi connectivity index (χ0n) is 10.5. The zero-order valence-corrected chi connectivity index (χ0v) is 11.3. The van der Waals surface area contributed by atoms with E-state index in [4.69, 9.17) is 0 Å². The average molecular weight is 321 g/mol. The van der Waals surface area contributed by atoms with E-state index in [1.807, 2.05) is 0 Å². The fourth-order valence-corrected chi connectivity index (χ4v) is 2.53. The first-order chi connectivity index (χ1) is 9.75. The summed E-state index contributed by atoms with van der Waals surface area (Å²) in [6, 6.07) is -0.842. The summed E-state index contributed by atoms with van der Waals surface area (Å²) in [5.74, 6) is -1.62. The first-order valence-corrected chi connectivity index (χ1v) is 6.72. The van der Waals surface area contributed by atoms with E-state index < -0.39 is 34.9 Å². The molecule has 10 heteroatoms. The van der Waals surface area contributed by atoms with Crippen molar-refractivity contribution >= 4 is 29.1 Å². The number of thiazole rings is 1. The van der Waals surface area contributed by atoms with Crippen LogP contribution in [0, 0.1) is 0 Å². The van der Waals surface area contributed by atoms with Gasteiger partial charge in [-0.2, -0.15) is 13.2 Å². The van der Waals surface area contributed by atoms with Gasteiger partial charge in [0.05, 0.1) is 6.42 Å². The second kappa shape index (κ2) is 5.80. The number of carbonyl (C=O) groups is 3. The van der Waals surface area contributed by atoms with Gasteiger partial charge in [-0.1, -0.05) is 0 Å². The minimum absolute atomic E-state index is 0.107. The number of rotatable bonds is 3. The number of nitrogens with one attached hydrogen (secondary N) is 2. The minimum atomic E-state index is -4.54. The van der Waals surface area contributed by atoms with E-state index in [0.717, 1.165) is 6.20 Å². The van der Waals surface area contributed by atoms with Gasteiger partial charge < -0.3 is 5.32 Å². The Labute approximate surface area is 120 Å². The van der Waals surface area contributed by atoms with Crippen LogP contribution in [0.1, 0.15) is 22.7 Å². The molecule has 1 aliphatic heterocycles. The standard InChI is InChI=1S/C11H10F3N3O3S/c12-11(13,14)10-15-4-5(21-10)3-8(19)16-6-1-2-7(18)17-9(6)20/h4,6H,1-3H2,(H,16,19)(H,17,18,20). The topological polar surface area (TPSA) is 88.2 Å². The molecule has 0 spiro atoms. The molecular formula is C11H10F3N3O3S. The first-order valence-electron chi connectivity index (χ1n) is 5.90. The van der Waals surface area contributed by atoms with Gasteiger partial charge in [0.2, 0.25) is 17.7 Å². The smallest absolute Gasteiger partial charge is 0.344 e. The molecule has 0 aromatic carbocycles. The van der Waals surface area contributed by atoms with Gasteiger partial charge in [-0.25, -0.2) is 4.98 Å². The summed E-state index contributed by atoms with van der Waals surface area (Å²) >= 11 is 0.380. The van der Waals surface area contributed by atoms with Crippen molar-refractivity contribution in [1.29, 1.82) is 0 Å². The van der Waals surface area contributed by atoms with Gasteiger partial charge in [-0.3, -0.25) is 19.7 Å². The Kier molecular flexibility index (Phi) is 4.26. The predicted molar refractivity (Wildman–Crippen MR) is 65.1 cm³/mol. The second-order valence-corrected chi connectivity index (χ2v) is 5.49. The van der Waals surface area contributed by atoms with Crippen molar-refractivity contribution in [1.82, 2.24) is 15.6 Å². The number of imide groups is 1. The number of hydrogen-bond acceptors (Lipinski definition) is 5. The van der Waals surface area contributed by atoms with E-state index >= 15 is 0 Å². The van der Waals surface area contributed by atoms with Crippen molar-refractivity contribution in [3.05, 3.63) is 16.1 Å². The van der Waals surface area contributed by atoms with Crippen LogP contribution in [0.3, 0.4) is 0 Å². The van der Waals surface area contributed by atoms with Crippen LogP contribution in [0.4, 0.5) is 13.2 Å². The van der Waals surface area contributed by atoms with E-state index in [0.29, 0.717) is 11.3 Å². The van der Waals surface area contributed by atoms with Crippen LogP contribution in [-0.2, 0) is 27.0 Å². The van der Waals surface area contributed by atoms with Crippen molar-refractivity contribution in [2.24, 2.45) is 0 Å².